The first-order valence-electron chi connectivity index (χ1n) is 7.13. The van der Waals surface area contributed by atoms with Crippen LogP contribution in [-0.2, 0) is 0 Å². The monoisotopic (exact) mass is 338 g/mol. The number of carboxylic acids is 1. The minimum atomic E-state index is -1.12. The molecule has 3 aromatic rings. The zero-order valence-electron chi connectivity index (χ0n) is 12.9. The van der Waals surface area contributed by atoms with Gasteiger partial charge in [-0.2, -0.15) is 5.26 Å². The highest BCUT2D eigenvalue weighted by atomic mass is 19.1. The van der Waals surface area contributed by atoms with Crippen LogP contribution in [0.1, 0.15) is 21.5 Å². The van der Waals surface area contributed by atoms with Crippen LogP contribution in [0.3, 0.4) is 0 Å². The number of halogens is 1. The molecule has 3 rings (SSSR count). The minimum absolute atomic E-state index is 0.00594. The van der Waals surface area contributed by atoms with E-state index in [1.54, 1.807) is 13.0 Å². The molecule has 2 N–H and O–H groups in total. The Labute approximate surface area is 140 Å². The van der Waals surface area contributed by atoms with Crippen molar-refractivity contribution in [1.29, 1.82) is 5.26 Å². The third-order valence-corrected chi connectivity index (χ3v) is 3.72. The van der Waals surface area contributed by atoms with E-state index in [1.807, 2.05) is 0 Å². The second-order valence-electron chi connectivity index (χ2n) is 5.30. The number of carbonyl (C=O) groups is 1. The number of carboxylic acid groups (broad SMARTS) is 1. The molecular weight excluding hydrogens is 327 g/mol. The number of aromatic amines is 1. The molecule has 0 aliphatic rings. The molecule has 0 atom stereocenters. The summed E-state index contributed by atoms with van der Waals surface area (Å²) in [4.78, 5) is 27.4. The van der Waals surface area contributed by atoms with Gasteiger partial charge >= 0.3 is 5.97 Å². The van der Waals surface area contributed by atoms with Gasteiger partial charge in [-0.1, -0.05) is 0 Å². The van der Waals surface area contributed by atoms with Crippen LogP contribution in [0.2, 0.25) is 0 Å². The number of hydrogen-bond donors (Lipinski definition) is 2. The predicted octanol–water partition coefficient (Wildman–Crippen LogP) is 2.24. The topological polar surface area (TPSA) is 112 Å². The molecule has 124 valence electrons. The van der Waals surface area contributed by atoms with Crippen molar-refractivity contribution in [3.63, 3.8) is 0 Å². The second kappa shape index (κ2) is 6.05. The maximum Gasteiger partial charge on any atom is 0.337 e. The van der Waals surface area contributed by atoms with Crippen molar-refractivity contribution in [1.82, 2.24) is 14.8 Å². The molecule has 8 heteroatoms. The summed E-state index contributed by atoms with van der Waals surface area (Å²) >= 11 is 0. The number of nitrogens with one attached hydrogen (secondary N) is 1. The summed E-state index contributed by atoms with van der Waals surface area (Å²) in [5, 5.41) is 20.5. The van der Waals surface area contributed by atoms with Gasteiger partial charge in [-0.05, 0) is 42.3 Å². The molecule has 25 heavy (non-hydrogen) atoms. The first kappa shape index (κ1) is 16.1. The van der Waals surface area contributed by atoms with Gasteiger partial charge in [0, 0.05) is 12.4 Å². The van der Waals surface area contributed by atoms with Crippen molar-refractivity contribution in [3.05, 3.63) is 69.5 Å². The summed E-state index contributed by atoms with van der Waals surface area (Å²) in [6.45, 7) is 1.67. The summed E-state index contributed by atoms with van der Waals surface area (Å²) in [6.07, 6.45) is 2.54. The Hall–Kier alpha value is -3.73. The number of aryl methyl sites for hydroxylation is 1. The third-order valence-electron chi connectivity index (χ3n) is 3.72. The molecule has 0 aliphatic heterocycles. The number of pyridine rings is 1. The molecule has 0 spiro atoms. The van der Waals surface area contributed by atoms with Gasteiger partial charge in [-0.3, -0.25) is 9.89 Å². The highest BCUT2D eigenvalue weighted by Crippen LogP contribution is 2.23. The fourth-order valence-corrected chi connectivity index (χ4v) is 2.44. The van der Waals surface area contributed by atoms with Crippen molar-refractivity contribution in [2.24, 2.45) is 0 Å². The van der Waals surface area contributed by atoms with Crippen LogP contribution in [0.25, 0.3) is 16.9 Å². The molecule has 1 aromatic carbocycles. The Kier molecular flexibility index (Phi) is 3.91. The predicted molar refractivity (Wildman–Crippen MR) is 86.0 cm³/mol. The number of hydrogen-bond acceptors (Lipinski definition) is 4. The molecule has 0 saturated carbocycles. The Morgan fingerprint density at radius 3 is 2.72 bits per heavy atom. The molecule has 7 nitrogen and oxygen atoms in total. The molecule has 0 fully saturated rings. The number of benzene rings is 1. The van der Waals surface area contributed by atoms with E-state index in [0.717, 1.165) is 16.9 Å². The van der Waals surface area contributed by atoms with Gasteiger partial charge < -0.3 is 5.11 Å². The number of aromatic nitrogens is 3. The van der Waals surface area contributed by atoms with E-state index in [4.69, 9.17) is 10.4 Å². The van der Waals surface area contributed by atoms with Crippen molar-refractivity contribution in [2.75, 3.05) is 0 Å². The summed E-state index contributed by atoms with van der Waals surface area (Å²) in [5.74, 6) is -1.63. The maximum atomic E-state index is 13.9. The highest BCUT2D eigenvalue weighted by molar-refractivity contribution is 5.87. The van der Waals surface area contributed by atoms with E-state index in [2.05, 4.69) is 10.1 Å². The zero-order chi connectivity index (χ0) is 18.1. The second-order valence-corrected chi connectivity index (χ2v) is 5.30. The maximum absolute atomic E-state index is 13.9. The fourth-order valence-electron chi connectivity index (χ4n) is 2.44. The van der Waals surface area contributed by atoms with E-state index >= 15 is 0 Å². The molecular formula is C17H11FN4O3. The number of nitriles is 1. The molecule has 0 unspecified atom stereocenters. The van der Waals surface area contributed by atoms with Gasteiger partial charge in [-0.15, -0.1) is 0 Å². The van der Waals surface area contributed by atoms with Crippen LogP contribution in [0.5, 0.6) is 0 Å². The first-order chi connectivity index (χ1) is 11.9. The quantitative estimate of drug-likeness (QED) is 0.760. The lowest BCUT2D eigenvalue weighted by atomic mass is 10.0. The number of nitrogens with zero attached hydrogens (tertiary/aromatic N) is 3. The van der Waals surface area contributed by atoms with Crippen LogP contribution in [0, 0.1) is 24.1 Å². The highest BCUT2D eigenvalue weighted by Gasteiger charge is 2.15. The van der Waals surface area contributed by atoms with E-state index < -0.39 is 17.3 Å². The van der Waals surface area contributed by atoms with Crippen LogP contribution in [0.4, 0.5) is 4.39 Å². The first-order valence-corrected chi connectivity index (χ1v) is 7.13. The van der Waals surface area contributed by atoms with Gasteiger partial charge in [0.15, 0.2) is 5.82 Å². The lowest BCUT2D eigenvalue weighted by Crippen LogP contribution is -2.17. The summed E-state index contributed by atoms with van der Waals surface area (Å²) in [6, 6.07) is 6.98. The molecule has 2 aromatic heterocycles. The lowest BCUT2D eigenvalue weighted by Gasteiger charge is -2.04. The van der Waals surface area contributed by atoms with E-state index in [1.165, 1.54) is 24.4 Å². The molecule has 0 bridgehead atoms. The Bertz CT molecular complexity index is 1070. The van der Waals surface area contributed by atoms with Crippen molar-refractivity contribution >= 4 is 5.97 Å². The van der Waals surface area contributed by atoms with E-state index in [0.29, 0.717) is 11.1 Å². The molecule has 2 heterocycles. The Morgan fingerprint density at radius 2 is 2.12 bits per heavy atom. The van der Waals surface area contributed by atoms with E-state index in [-0.39, 0.29) is 22.5 Å². The summed E-state index contributed by atoms with van der Waals surface area (Å²) in [5.41, 5.74) is 0.582. The zero-order valence-corrected chi connectivity index (χ0v) is 12.9. The van der Waals surface area contributed by atoms with Crippen molar-refractivity contribution < 1.29 is 14.3 Å². The standard InChI is InChI=1S/C17H11FN4O3/c1-9-4-11(6-19)14(18)5-12(9)13-8-21-22(16(13)23)15-3-2-10(7-20-15)17(24)25/h2-5,7-8,21H,1H3,(H,24,25). The minimum Gasteiger partial charge on any atom is -0.478 e. The van der Waals surface area contributed by atoms with Crippen molar-refractivity contribution in [2.45, 2.75) is 6.92 Å². The molecule has 0 amide bonds. The van der Waals surface area contributed by atoms with Crippen molar-refractivity contribution in [3.8, 4) is 23.0 Å². The third kappa shape index (κ3) is 2.79. The van der Waals surface area contributed by atoms with Crippen LogP contribution in [0.15, 0.2) is 41.5 Å². The average Bonchev–Trinajstić information content (AvgIpc) is 2.98. The SMILES string of the molecule is Cc1cc(C#N)c(F)cc1-c1c[nH]n(-c2ccc(C(=O)O)cn2)c1=O. The molecule has 0 radical (unpaired) electrons. The van der Waals surface area contributed by atoms with E-state index in [9.17, 15) is 14.0 Å². The van der Waals surface area contributed by atoms with Gasteiger partial charge in [0.1, 0.15) is 11.9 Å². The smallest absolute Gasteiger partial charge is 0.337 e. The number of aromatic carboxylic acids is 1. The van der Waals surface area contributed by atoms with Gasteiger partial charge in [0.2, 0.25) is 0 Å². The number of rotatable bonds is 3. The number of H-pyrrole nitrogens is 1. The fraction of sp³-hybridized carbons (Fsp3) is 0.0588. The summed E-state index contributed by atoms with van der Waals surface area (Å²) in [7, 11) is 0. The van der Waals surface area contributed by atoms with Gasteiger partial charge in [0.25, 0.3) is 5.56 Å². The average molecular weight is 338 g/mol. The largest absolute Gasteiger partial charge is 0.478 e. The Balaban J connectivity index is 2.08. The normalized spacial score (nSPS) is 10.4. The lowest BCUT2D eigenvalue weighted by molar-refractivity contribution is 0.0696. The van der Waals surface area contributed by atoms with Crippen LogP contribution >= 0.6 is 0 Å². The van der Waals surface area contributed by atoms with Crippen LogP contribution in [-0.4, -0.2) is 25.8 Å². The molecule has 0 saturated heterocycles. The Morgan fingerprint density at radius 1 is 1.36 bits per heavy atom. The molecule has 0 aliphatic carbocycles. The van der Waals surface area contributed by atoms with Gasteiger partial charge in [-0.25, -0.2) is 18.9 Å². The van der Waals surface area contributed by atoms with Gasteiger partial charge in [0.05, 0.1) is 16.7 Å². The summed E-state index contributed by atoms with van der Waals surface area (Å²) < 4.78 is 15.0. The van der Waals surface area contributed by atoms with Crippen LogP contribution < -0.4 is 5.56 Å².